The van der Waals surface area contributed by atoms with Gasteiger partial charge in [-0.25, -0.2) is 9.37 Å². The van der Waals surface area contributed by atoms with Crippen LogP contribution in [0.25, 0.3) is 10.9 Å². The fourth-order valence-corrected chi connectivity index (χ4v) is 4.97. The number of aromatic nitrogens is 2. The number of carbonyl (C=O) groups is 1. The fraction of sp³-hybridized carbons (Fsp3) is 0.500. The maximum Gasteiger partial charge on any atom is 0.282 e. The molecule has 1 aromatic carbocycles. The van der Waals surface area contributed by atoms with E-state index < -0.39 is 21.6 Å². The highest BCUT2D eigenvalue weighted by molar-refractivity contribution is 7.86. The Kier molecular flexibility index (Phi) is 6.30. The van der Waals surface area contributed by atoms with Gasteiger partial charge in [-0.15, -0.1) is 0 Å². The van der Waals surface area contributed by atoms with E-state index in [1.165, 1.54) is 32.0 Å². The summed E-state index contributed by atoms with van der Waals surface area (Å²) in [6, 6.07) is 3.73. The molecule has 2 aromatic rings. The van der Waals surface area contributed by atoms with Crippen LogP contribution in [0.2, 0.25) is 0 Å². The lowest BCUT2D eigenvalue weighted by Gasteiger charge is -2.36. The number of hydrogen-bond donors (Lipinski definition) is 0. The summed E-state index contributed by atoms with van der Waals surface area (Å²) >= 11 is 0. The third-order valence-corrected chi connectivity index (χ3v) is 7.23. The number of piperazine rings is 1. The first-order chi connectivity index (χ1) is 13.8. The molecule has 0 bridgehead atoms. The lowest BCUT2D eigenvalue weighted by molar-refractivity contribution is -0.133. The SMILES string of the molecule is CCN(CC)S(=O)(=O)N1CCN(C(=O)Cn2cnc3ccc(F)cc3c2=O)CC1. The van der Waals surface area contributed by atoms with Crippen LogP contribution in [-0.4, -0.2) is 76.7 Å². The van der Waals surface area contributed by atoms with Gasteiger partial charge in [0.15, 0.2) is 0 Å². The van der Waals surface area contributed by atoms with Gasteiger partial charge in [0.1, 0.15) is 12.4 Å². The van der Waals surface area contributed by atoms with Crippen molar-refractivity contribution in [1.29, 1.82) is 0 Å². The van der Waals surface area contributed by atoms with Crippen LogP contribution in [0.1, 0.15) is 13.8 Å². The molecule has 1 saturated heterocycles. The molecule has 0 N–H and O–H groups in total. The predicted molar refractivity (Wildman–Crippen MR) is 106 cm³/mol. The van der Waals surface area contributed by atoms with Gasteiger partial charge in [0.05, 0.1) is 17.2 Å². The molecule has 0 unspecified atom stereocenters. The lowest BCUT2D eigenvalue weighted by atomic mass is 10.2. The summed E-state index contributed by atoms with van der Waals surface area (Å²) in [5.41, 5.74) is -0.138. The highest BCUT2D eigenvalue weighted by Crippen LogP contribution is 2.13. The summed E-state index contributed by atoms with van der Waals surface area (Å²) in [6.07, 6.45) is 1.27. The Morgan fingerprint density at radius 1 is 1.17 bits per heavy atom. The quantitative estimate of drug-likeness (QED) is 0.662. The van der Waals surface area contributed by atoms with Crippen LogP contribution in [0.3, 0.4) is 0 Å². The average Bonchev–Trinajstić information content (AvgIpc) is 2.71. The maximum atomic E-state index is 13.4. The monoisotopic (exact) mass is 425 g/mol. The highest BCUT2D eigenvalue weighted by atomic mass is 32.2. The van der Waals surface area contributed by atoms with Gasteiger partial charge in [0, 0.05) is 39.3 Å². The van der Waals surface area contributed by atoms with Gasteiger partial charge in [-0.2, -0.15) is 17.0 Å². The second-order valence-corrected chi connectivity index (χ2v) is 8.64. The number of carbonyl (C=O) groups excluding carboxylic acids is 1. The Morgan fingerprint density at radius 3 is 2.45 bits per heavy atom. The molecule has 1 aliphatic heterocycles. The van der Waals surface area contributed by atoms with Crippen LogP contribution in [0.4, 0.5) is 4.39 Å². The van der Waals surface area contributed by atoms with Crippen molar-refractivity contribution in [2.75, 3.05) is 39.3 Å². The van der Waals surface area contributed by atoms with Gasteiger partial charge in [-0.05, 0) is 18.2 Å². The zero-order valence-corrected chi connectivity index (χ0v) is 17.2. The van der Waals surface area contributed by atoms with Crippen molar-refractivity contribution in [1.82, 2.24) is 23.1 Å². The molecule has 3 rings (SSSR count). The molecule has 0 saturated carbocycles. The normalized spacial score (nSPS) is 15.9. The van der Waals surface area contributed by atoms with Gasteiger partial charge in [-0.1, -0.05) is 13.8 Å². The molecular formula is C18H24FN5O4S. The number of fused-ring (bicyclic) bond motifs is 1. The Morgan fingerprint density at radius 2 is 1.83 bits per heavy atom. The summed E-state index contributed by atoms with van der Waals surface area (Å²) in [5, 5.41) is 0.107. The number of halogens is 1. The van der Waals surface area contributed by atoms with Crippen LogP contribution in [0.15, 0.2) is 29.3 Å². The van der Waals surface area contributed by atoms with E-state index in [2.05, 4.69) is 4.98 Å². The largest absolute Gasteiger partial charge is 0.338 e. The van der Waals surface area contributed by atoms with E-state index >= 15 is 0 Å². The molecule has 158 valence electrons. The molecule has 0 aliphatic carbocycles. The summed E-state index contributed by atoms with van der Waals surface area (Å²) in [6.45, 7) is 4.97. The van der Waals surface area contributed by atoms with Crippen LogP contribution < -0.4 is 5.56 Å². The summed E-state index contributed by atoms with van der Waals surface area (Å²) in [7, 11) is -3.54. The number of benzene rings is 1. The predicted octanol–water partition coefficient (Wildman–Crippen LogP) is 0.266. The molecule has 0 atom stereocenters. The topological polar surface area (TPSA) is 95.8 Å². The molecule has 11 heteroatoms. The minimum Gasteiger partial charge on any atom is -0.338 e. The van der Waals surface area contributed by atoms with E-state index in [-0.39, 0.29) is 44.0 Å². The first-order valence-corrected chi connectivity index (χ1v) is 10.8. The van der Waals surface area contributed by atoms with Crippen molar-refractivity contribution in [2.45, 2.75) is 20.4 Å². The van der Waals surface area contributed by atoms with Crippen LogP contribution in [0, 0.1) is 5.82 Å². The Bertz CT molecular complexity index is 1060. The molecule has 0 spiro atoms. The van der Waals surface area contributed by atoms with Gasteiger partial charge in [0.25, 0.3) is 15.8 Å². The number of nitrogens with zero attached hydrogens (tertiary/aromatic N) is 5. The molecule has 9 nitrogen and oxygen atoms in total. The smallest absolute Gasteiger partial charge is 0.282 e. The third kappa shape index (κ3) is 4.31. The van der Waals surface area contributed by atoms with Gasteiger partial charge >= 0.3 is 0 Å². The second kappa shape index (κ2) is 8.56. The van der Waals surface area contributed by atoms with Gasteiger partial charge < -0.3 is 4.90 Å². The first-order valence-electron chi connectivity index (χ1n) is 9.45. The molecule has 29 heavy (non-hydrogen) atoms. The molecule has 1 amide bonds. The Balaban J connectivity index is 1.68. The molecule has 1 aliphatic rings. The molecule has 1 fully saturated rings. The van der Waals surface area contributed by atoms with Gasteiger partial charge in [0.2, 0.25) is 5.91 Å². The number of rotatable bonds is 6. The minimum absolute atomic E-state index is 0.107. The lowest BCUT2D eigenvalue weighted by Crippen LogP contribution is -2.54. The van der Waals surface area contributed by atoms with Crippen molar-refractivity contribution >= 4 is 27.0 Å². The van der Waals surface area contributed by atoms with E-state index in [1.54, 1.807) is 13.8 Å². The van der Waals surface area contributed by atoms with E-state index in [0.29, 0.717) is 18.6 Å². The Labute approximate surface area is 168 Å². The first kappa shape index (κ1) is 21.3. The zero-order chi connectivity index (χ0) is 21.2. The standard InChI is InChI=1S/C18H24FN5O4S/c1-3-23(4-2)29(27,28)24-9-7-21(8-10-24)17(25)12-22-13-20-16-6-5-14(19)11-15(16)18(22)26/h5-6,11,13H,3-4,7-10,12H2,1-2H3. The second-order valence-electron chi connectivity index (χ2n) is 6.71. The van der Waals surface area contributed by atoms with E-state index in [4.69, 9.17) is 0 Å². The van der Waals surface area contributed by atoms with Crippen molar-refractivity contribution in [3.8, 4) is 0 Å². The fourth-order valence-electron chi connectivity index (χ4n) is 3.37. The minimum atomic E-state index is -3.54. The van der Waals surface area contributed by atoms with Crippen LogP contribution in [-0.2, 0) is 21.5 Å². The summed E-state index contributed by atoms with van der Waals surface area (Å²) in [4.78, 5) is 30.7. The van der Waals surface area contributed by atoms with Crippen LogP contribution in [0.5, 0.6) is 0 Å². The number of amides is 1. The van der Waals surface area contributed by atoms with Gasteiger partial charge in [-0.3, -0.25) is 14.2 Å². The Hall–Kier alpha value is -2.37. The van der Waals surface area contributed by atoms with E-state index in [9.17, 15) is 22.4 Å². The van der Waals surface area contributed by atoms with E-state index in [0.717, 1.165) is 10.6 Å². The average molecular weight is 425 g/mol. The van der Waals surface area contributed by atoms with Crippen molar-refractivity contribution in [3.05, 3.63) is 40.7 Å². The third-order valence-electron chi connectivity index (χ3n) is 5.04. The van der Waals surface area contributed by atoms with Crippen LogP contribution >= 0.6 is 0 Å². The zero-order valence-electron chi connectivity index (χ0n) is 16.4. The van der Waals surface area contributed by atoms with Crippen molar-refractivity contribution < 1.29 is 17.6 Å². The van der Waals surface area contributed by atoms with Crippen molar-refractivity contribution in [2.24, 2.45) is 0 Å². The highest BCUT2D eigenvalue weighted by Gasteiger charge is 2.32. The molecular weight excluding hydrogens is 401 g/mol. The molecule has 2 heterocycles. The number of hydrogen-bond acceptors (Lipinski definition) is 5. The maximum absolute atomic E-state index is 13.4. The summed E-state index contributed by atoms with van der Waals surface area (Å²) in [5.74, 6) is -0.865. The van der Waals surface area contributed by atoms with Crippen molar-refractivity contribution in [3.63, 3.8) is 0 Å². The molecule has 1 aromatic heterocycles. The molecule has 0 radical (unpaired) electrons. The van der Waals surface area contributed by atoms with E-state index in [1.807, 2.05) is 0 Å². The summed E-state index contributed by atoms with van der Waals surface area (Å²) < 4.78 is 42.5.